The maximum Gasteiger partial charge on any atom is 0.246 e. The minimum Gasteiger partial charge on any atom is -0.329 e. The number of carbonyl (C=O) groups is 2. The number of nitrogens with zero attached hydrogens (tertiary/aromatic N) is 3. The van der Waals surface area contributed by atoms with Crippen molar-refractivity contribution >= 4 is 29.1 Å². The maximum atomic E-state index is 12.7. The molecule has 2 amide bonds. The lowest BCUT2D eigenvalue weighted by Gasteiger charge is -2.39. The third kappa shape index (κ3) is 3.71. The summed E-state index contributed by atoms with van der Waals surface area (Å²) in [5.41, 5.74) is 2.04. The zero-order valence-electron chi connectivity index (χ0n) is 14.4. The number of benzene rings is 2. The number of halogens is 1. The molecule has 0 N–H and O–H groups in total. The van der Waals surface area contributed by atoms with Gasteiger partial charge in [-0.2, -0.15) is 5.26 Å². The minimum atomic E-state index is -0.139. The smallest absolute Gasteiger partial charge is 0.246 e. The van der Waals surface area contributed by atoms with Gasteiger partial charge in [-0.3, -0.25) is 9.59 Å². The first-order valence-electron chi connectivity index (χ1n) is 8.33. The number of amides is 2. The van der Waals surface area contributed by atoms with Crippen LogP contribution in [0.1, 0.15) is 18.1 Å². The van der Waals surface area contributed by atoms with Gasteiger partial charge in [-0.1, -0.05) is 29.8 Å². The van der Waals surface area contributed by atoms with Crippen molar-refractivity contribution in [3.63, 3.8) is 0 Å². The molecule has 26 heavy (non-hydrogen) atoms. The van der Waals surface area contributed by atoms with Crippen molar-refractivity contribution in [3.05, 3.63) is 64.7 Å². The quantitative estimate of drug-likeness (QED) is 0.837. The molecule has 1 atom stereocenters. The van der Waals surface area contributed by atoms with Crippen molar-refractivity contribution < 1.29 is 9.59 Å². The van der Waals surface area contributed by atoms with Crippen molar-refractivity contribution in [2.45, 2.75) is 19.4 Å². The Morgan fingerprint density at radius 3 is 2.58 bits per heavy atom. The number of anilines is 1. The first kappa shape index (κ1) is 18.0. The molecule has 5 nitrogen and oxygen atoms in total. The van der Waals surface area contributed by atoms with E-state index in [1.807, 2.05) is 25.1 Å². The molecule has 0 aromatic heterocycles. The van der Waals surface area contributed by atoms with E-state index < -0.39 is 0 Å². The number of rotatable bonds is 3. The van der Waals surface area contributed by atoms with Gasteiger partial charge in [0.1, 0.15) is 6.54 Å². The molecule has 1 aliphatic rings. The van der Waals surface area contributed by atoms with E-state index in [1.54, 1.807) is 40.1 Å². The standard InChI is InChI=1S/C20H18ClN3O2/c1-14-12-24(17-8-6-15(11-22)7-9-17)20(26)13-23(14)19(25)10-16-4-2-3-5-18(16)21/h2-9,14H,10,12-13H2,1H3/t14-/m0/s1. The Hall–Kier alpha value is -2.84. The van der Waals surface area contributed by atoms with Crippen LogP contribution < -0.4 is 4.90 Å². The van der Waals surface area contributed by atoms with Gasteiger partial charge in [0.15, 0.2) is 0 Å². The molecule has 2 aromatic rings. The van der Waals surface area contributed by atoms with Crippen LogP contribution in [-0.4, -0.2) is 35.8 Å². The molecule has 0 aliphatic carbocycles. The summed E-state index contributed by atoms with van der Waals surface area (Å²) in [6, 6.07) is 16.0. The van der Waals surface area contributed by atoms with Gasteiger partial charge in [0.2, 0.25) is 11.8 Å². The van der Waals surface area contributed by atoms with Crippen molar-refractivity contribution in [2.24, 2.45) is 0 Å². The molecule has 0 bridgehead atoms. The van der Waals surface area contributed by atoms with E-state index in [-0.39, 0.29) is 30.8 Å². The predicted octanol–water partition coefficient (Wildman–Crippen LogP) is 3.02. The van der Waals surface area contributed by atoms with Gasteiger partial charge in [0.25, 0.3) is 0 Å². The largest absolute Gasteiger partial charge is 0.329 e. The number of piperazine rings is 1. The summed E-state index contributed by atoms with van der Waals surface area (Å²) in [6.45, 7) is 2.37. The van der Waals surface area contributed by atoms with E-state index >= 15 is 0 Å². The number of carbonyl (C=O) groups excluding carboxylic acids is 2. The first-order chi connectivity index (χ1) is 12.5. The summed E-state index contributed by atoms with van der Waals surface area (Å²) in [5, 5.41) is 9.44. The SMILES string of the molecule is C[C@H]1CN(c2ccc(C#N)cc2)C(=O)CN1C(=O)Cc1ccccc1Cl. The Labute approximate surface area is 157 Å². The lowest BCUT2D eigenvalue weighted by atomic mass is 10.1. The molecule has 3 rings (SSSR count). The topological polar surface area (TPSA) is 64.4 Å². The van der Waals surface area contributed by atoms with Crippen LogP contribution in [0.15, 0.2) is 48.5 Å². The highest BCUT2D eigenvalue weighted by atomic mass is 35.5. The summed E-state index contributed by atoms with van der Waals surface area (Å²) in [6.07, 6.45) is 0.175. The van der Waals surface area contributed by atoms with Crippen molar-refractivity contribution in [1.82, 2.24) is 4.90 Å². The normalized spacial score (nSPS) is 17.1. The second kappa shape index (κ2) is 7.59. The second-order valence-electron chi connectivity index (χ2n) is 6.30. The van der Waals surface area contributed by atoms with E-state index in [4.69, 9.17) is 16.9 Å². The summed E-state index contributed by atoms with van der Waals surface area (Å²) in [5.74, 6) is -0.251. The highest BCUT2D eigenvalue weighted by Crippen LogP contribution is 2.22. The maximum absolute atomic E-state index is 12.7. The number of hydrogen-bond acceptors (Lipinski definition) is 3. The fourth-order valence-electron chi connectivity index (χ4n) is 3.06. The molecular weight excluding hydrogens is 350 g/mol. The highest BCUT2D eigenvalue weighted by molar-refractivity contribution is 6.31. The average Bonchev–Trinajstić information content (AvgIpc) is 2.65. The molecule has 0 unspecified atom stereocenters. The fourth-order valence-corrected chi connectivity index (χ4v) is 3.26. The third-order valence-electron chi connectivity index (χ3n) is 4.51. The first-order valence-corrected chi connectivity index (χ1v) is 8.71. The number of hydrogen-bond donors (Lipinski definition) is 0. The predicted molar refractivity (Wildman–Crippen MR) is 99.8 cm³/mol. The van der Waals surface area contributed by atoms with Gasteiger partial charge in [0, 0.05) is 23.3 Å². The Balaban J connectivity index is 1.71. The Morgan fingerprint density at radius 2 is 1.92 bits per heavy atom. The molecule has 1 fully saturated rings. The molecule has 1 aliphatic heterocycles. The lowest BCUT2D eigenvalue weighted by molar-refractivity contribution is -0.138. The average molecular weight is 368 g/mol. The lowest BCUT2D eigenvalue weighted by Crippen LogP contribution is -2.57. The minimum absolute atomic E-state index is 0.0322. The van der Waals surface area contributed by atoms with E-state index in [0.717, 1.165) is 11.3 Å². The van der Waals surface area contributed by atoms with E-state index in [0.29, 0.717) is 17.1 Å². The summed E-state index contributed by atoms with van der Waals surface area (Å²) < 4.78 is 0. The third-order valence-corrected chi connectivity index (χ3v) is 4.88. The van der Waals surface area contributed by atoms with Crippen LogP contribution in [-0.2, 0) is 16.0 Å². The summed E-state index contributed by atoms with van der Waals surface area (Å²) in [7, 11) is 0. The van der Waals surface area contributed by atoms with E-state index in [9.17, 15) is 9.59 Å². The zero-order valence-corrected chi connectivity index (χ0v) is 15.1. The van der Waals surface area contributed by atoms with Crippen LogP contribution in [0.5, 0.6) is 0 Å². The van der Waals surface area contributed by atoms with Gasteiger partial charge in [-0.05, 0) is 42.8 Å². The van der Waals surface area contributed by atoms with Gasteiger partial charge >= 0.3 is 0 Å². The molecule has 1 heterocycles. The summed E-state index contributed by atoms with van der Waals surface area (Å²) in [4.78, 5) is 28.5. The Morgan fingerprint density at radius 1 is 1.23 bits per heavy atom. The highest BCUT2D eigenvalue weighted by Gasteiger charge is 2.33. The van der Waals surface area contributed by atoms with E-state index in [2.05, 4.69) is 6.07 Å². The van der Waals surface area contributed by atoms with Crippen molar-refractivity contribution in [1.29, 1.82) is 5.26 Å². The van der Waals surface area contributed by atoms with Crippen LogP contribution >= 0.6 is 11.6 Å². The monoisotopic (exact) mass is 367 g/mol. The van der Waals surface area contributed by atoms with Crippen molar-refractivity contribution in [2.75, 3.05) is 18.0 Å². The molecule has 1 saturated heterocycles. The number of nitriles is 1. The molecular formula is C20H18ClN3O2. The molecule has 0 spiro atoms. The molecule has 0 radical (unpaired) electrons. The van der Waals surface area contributed by atoms with Crippen LogP contribution in [0.2, 0.25) is 5.02 Å². The zero-order chi connectivity index (χ0) is 18.7. The van der Waals surface area contributed by atoms with Crippen LogP contribution in [0.25, 0.3) is 0 Å². The second-order valence-corrected chi connectivity index (χ2v) is 6.71. The van der Waals surface area contributed by atoms with Gasteiger partial charge in [-0.25, -0.2) is 0 Å². The van der Waals surface area contributed by atoms with Crippen molar-refractivity contribution in [3.8, 4) is 6.07 Å². The van der Waals surface area contributed by atoms with Crippen LogP contribution in [0, 0.1) is 11.3 Å². The van der Waals surface area contributed by atoms with Gasteiger partial charge < -0.3 is 9.80 Å². The Kier molecular flexibility index (Phi) is 5.24. The van der Waals surface area contributed by atoms with E-state index in [1.165, 1.54) is 0 Å². The summed E-state index contributed by atoms with van der Waals surface area (Å²) >= 11 is 6.13. The molecule has 132 valence electrons. The molecule has 6 heteroatoms. The molecule has 0 saturated carbocycles. The Bertz CT molecular complexity index is 873. The van der Waals surface area contributed by atoms with Gasteiger partial charge in [0.05, 0.1) is 18.1 Å². The fraction of sp³-hybridized carbons (Fsp3) is 0.250. The van der Waals surface area contributed by atoms with Crippen LogP contribution in [0.3, 0.4) is 0 Å². The van der Waals surface area contributed by atoms with Gasteiger partial charge in [-0.15, -0.1) is 0 Å². The van der Waals surface area contributed by atoms with Crippen LogP contribution in [0.4, 0.5) is 5.69 Å². The molecule has 2 aromatic carbocycles.